The van der Waals surface area contributed by atoms with Crippen molar-refractivity contribution in [2.24, 2.45) is 0 Å². The van der Waals surface area contributed by atoms with E-state index in [2.05, 4.69) is 65.9 Å². The van der Waals surface area contributed by atoms with Crippen molar-refractivity contribution >= 4 is 5.69 Å². The average molecular weight is 326 g/mol. The second-order valence-electron chi connectivity index (χ2n) is 7.09. The first-order valence-corrected chi connectivity index (χ1v) is 9.14. The predicted octanol–water partition coefficient (Wildman–Crippen LogP) is 3.90. The molecule has 1 unspecified atom stereocenters. The van der Waals surface area contributed by atoms with Gasteiger partial charge < -0.3 is 5.32 Å². The van der Waals surface area contributed by atoms with Crippen LogP contribution in [0.4, 0.5) is 5.69 Å². The van der Waals surface area contributed by atoms with E-state index in [1.165, 1.54) is 47.5 Å². The number of piperidine rings is 1. The molecule has 4 nitrogen and oxygen atoms in total. The zero-order chi connectivity index (χ0) is 17.1. The molecule has 1 aromatic heterocycles. The van der Waals surface area contributed by atoms with Gasteiger partial charge in [-0.1, -0.05) is 6.07 Å². The molecule has 130 valence electrons. The third-order valence-electron chi connectivity index (χ3n) is 5.28. The van der Waals surface area contributed by atoms with Crippen molar-refractivity contribution in [2.45, 2.75) is 59.7 Å². The molecule has 2 heterocycles. The highest BCUT2D eigenvalue weighted by molar-refractivity contribution is 5.48. The molecule has 0 amide bonds. The Hall–Kier alpha value is -1.81. The van der Waals surface area contributed by atoms with E-state index in [1.807, 2.05) is 6.20 Å². The van der Waals surface area contributed by atoms with Gasteiger partial charge in [0.15, 0.2) is 0 Å². The van der Waals surface area contributed by atoms with Gasteiger partial charge in [-0.3, -0.25) is 9.58 Å². The van der Waals surface area contributed by atoms with Gasteiger partial charge in [0, 0.05) is 42.6 Å². The van der Waals surface area contributed by atoms with Gasteiger partial charge in [-0.05, 0) is 70.3 Å². The molecule has 1 N–H and O–H groups in total. The largest absolute Gasteiger partial charge is 0.381 e. The second kappa shape index (κ2) is 7.39. The van der Waals surface area contributed by atoms with Crippen molar-refractivity contribution in [3.05, 3.63) is 46.8 Å². The van der Waals surface area contributed by atoms with Crippen molar-refractivity contribution in [2.75, 3.05) is 18.4 Å². The highest BCUT2D eigenvalue weighted by Gasteiger charge is 2.21. The molecule has 1 aliphatic rings. The molecule has 1 fully saturated rings. The Morgan fingerprint density at radius 2 is 2.04 bits per heavy atom. The number of aromatic nitrogens is 2. The Kier molecular flexibility index (Phi) is 5.24. The number of hydrogen-bond donors (Lipinski definition) is 1. The molecule has 0 bridgehead atoms. The molecular weight excluding hydrogens is 296 g/mol. The lowest BCUT2D eigenvalue weighted by molar-refractivity contribution is 0.208. The first-order valence-electron chi connectivity index (χ1n) is 9.14. The minimum absolute atomic E-state index is 0.530. The van der Waals surface area contributed by atoms with Crippen LogP contribution >= 0.6 is 0 Å². The van der Waals surface area contributed by atoms with E-state index in [0.717, 1.165) is 19.6 Å². The van der Waals surface area contributed by atoms with E-state index in [9.17, 15) is 0 Å². The summed E-state index contributed by atoms with van der Waals surface area (Å²) in [5, 5.41) is 8.21. The normalized spacial score (nSPS) is 18.8. The van der Waals surface area contributed by atoms with Crippen molar-refractivity contribution in [3.8, 4) is 0 Å². The second-order valence-corrected chi connectivity index (χ2v) is 7.09. The molecule has 0 saturated carbocycles. The fourth-order valence-electron chi connectivity index (χ4n) is 3.58. The summed E-state index contributed by atoms with van der Waals surface area (Å²) < 4.78 is 2.09. The van der Waals surface area contributed by atoms with E-state index in [4.69, 9.17) is 0 Å². The zero-order valence-corrected chi connectivity index (χ0v) is 15.5. The number of rotatable bonds is 5. The van der Waals surface area contributed by atoms with Crippen LogP contribution < -0.4 is 5.32 Å². The maximum atomic E-state index is 4.48. The molecule has 1 atom stereocenters. The molecular formula is C20H30N4. The van der Waals surface area contributed by atoms with Crippen LogP contribution in [0.3, 0.4) is 0 Å². The number of nitrogens with zero attached hydrogens (tertiary/aromatic N) is 3. The standard InChI is InChI=1S/C20H30N4/c1-5-24-17(4)18(12-21-24)13-23-10-6-7-20(14-23)22-19-9-8-15(2)16(3)11-19/h8-9,11-12,20,22H,5-7,10,13-14H2,1-4H3. The Morgan fingerprint density at radius 3 is 2.75 bits per heavy atom. The molecule has 3 rings (SSSR count). The van der Waals surface area contributed by atoms with Gasteiger partial charge in [-0.25, -0.2) is 0 Å². The summed E-state index contributed by atoms with van der Waals surface area (Å²) in [5.74, 6) is 0. The van der Waals surface area contributed by atoms with Crippen LogP contribution in [0.25, 0.3) is 0 Å². The first-order chi connectivity index (χ1) is 11.6. The van der Waals surface area contributed by atoms with Gasteiger partial charge >= 0.3 is 0 Å². The van der Waals surface area contributed by atoms with Crippen LogP contribution in [0.15, 0.2) is 24.4 Å². The summed E-state index contributed by atoms with van der Waals surface area (Å²) in [7, 11) is 0. The molecule has 0 radical (unpaired) electrons. The summed E-state index contributed by atoms with van der Waals surface area (Å²) in [4.78, 5) is 2.56. The average Bonchev–Trinajstić information content (AvgIpc) is 2.91. The smallest absolute Gasteiger partial charge is 0.0537 e. The topological polar surface area (TPSA) is 33.1 Å². The van der Waals surface area contributed by atoms with E-state index < -0.39 is 0 Å². The lowest BCUT2D eigenvalue weighted by Crippen LogP contribution is -2.41. The maximum absolute atomic E-state index is 4.48. The van der Waals surface area contributed by atoms with Gasteiger partial charge in [-0.15, -0.1) is 0 Å². The van der Waals surface area contributed by atoms with E-state index >= 15 is 0 Å². The van der Waals surface area contributed by atoms with Crippen LogP contribution in [-0.2, 0) is 13.1 Å². The summed E-state index contributed by atoms with van der Waals surface area (Å²) in [6, 6.07) is 7.21. The highest BCUT2D eigenvalue weighted by atomic mass is 15.3. The lowest BCUT2D eigenvalue weighted by Gasteiger charge is -2.33. The van der Waals surface area contributed by atoms with Crippen LogP contribution in [0.2, 0.25) is 0 Å². The van der Waals surface area contributed by atoms with E-state index in [1.54, 1.807) is 0 Å². The van der Waals surface area contributed by atoms with E-state index in [-0.39, 0.29) is 0 Å². The van der Waals surface area contributed by atoms with Crippen LogP contribution in [0.1, 0.15) is 42.1 Å². The zero-order valence-electron chi connectivity index (χ0n) is 15.5. The number of aryl methyl sites for hydroxylation is 3. The Morgan fingerprint density at radius 1 is 1.21 bits per heavy atom. The minimum atomic E-state index is 0.530. The van der Waals surface area contributed by atoms with Gasteiger partial charge in [0.05, 0.1) is 6.20 Å². The van der Waals surface area contributed by atoms with Crippen LogP contribution in [-0.4, -0.2) is 33.8 Å². The fourth-order valence-corrected chi connectivity index (χ4v) is 3.58. The number of anilines is 1. The molecule has 1 saturated heterocycles. The number of benzene rings is 1. The third-order valence-corrected chi connectivity index (χ3v) is 5.28. The molecule has 2 aromatic rings. The number of likely N-dealkylation sites (tertiary alicyclic amines) is 1. The van der Waals surface area contributed by atoms with Crippen molar-refractivity contribution in [3.63, 3.8) is 0 Å². The van der Waals surface area contributed by atoms with Crippen molar-refractivity contribution in [1.82, 2.24) is 14.7 Å². The van der Waals surface area contributed by atoms with Crippen molar-refractivity contribution in [1.29, 1.82) is 0 Å². The summed E-state index contributed by atoms with van der Waals surface area (Å²) >= 11 is 0. The van der Waals surface area contributed by atoms with Crippen LogP contribution in [0, 0.1) is 20.8 Å². The predicted molar refractivity (Wildman–Crippen MR) is 100 cm³/mol. The molecule has 0 spiro atoms. The number of hydrogen-bond acceptors (Lipinski definition) is 3. The van der Waals surface area contributed by atoms with Gasteiger partial charge in [0.25, 0.3) is 0 Å². The quantitative estimate of drug-likeness (QED) is 0.904. The molecule has 4 heteroatoms. The van der Waals surface area contributed by atoms with Gasteiger partial charge in [-0.2, -0.15) is 5.10 Å². The third kappa shape index (κ3) is 3.81. The molecule has 1 aromatic carbocycles. The summed E-state index contributed by atoms with van der Waals surface area (Å²) in [6.07, 6.45) is 4.54. The Labute approximate surface area is 145 Å². The molecule has 24 heavy (non-hydrogen) atoms. The van der Waals surface area contributed by atoms with Gasteiger partial charge in [0.2, 0.25) is 0 Å². The maximum Gasteiger partial charge on any atom is 0.0537 e. The summed E-state index contributed by atoms with van der Waals surface area (Å²) in [6.45, 7) is 12.9. The summed E-state index contributed by atoms with van der Waals surface area (Å²) in [5.41, 5.74) is 6.63. The SMILES string of the molecule is CCn1ncc(CN2CCCC(Nc3ccc(C)c(C)c3)C2)c1C. The fraction of sp³-hybridized carbons (Fsp3) is 0.550. The highest BCUT2D eigenvalue weighted by Crippen LogP contribution is 2.20. The first kappa shape index (κ1) is 17.0. The molecule has 1 aliphatic heterocycles. The number of nitrogens with one attached hydrogen (secondary N) is 1. The minimum Gasteiger partial charge on any atom is -0.381 e. The van der Waals surface area contributed by atoms with Crippen molar-refractivity contribution < 1.29 is 0 Å². The monoisotopic (exact) mass is 326 g/mol. The van der Waals surface area contributed by atoms with Gasteiger partial charge in [0.1, 0.15) is 0 Å². The lowest BCUT2D eigenvalue weighted by atomic mass is 10.0. The van der Waals surface area contributed by atoms with E-state index in [0.29, 0.717) is 6.04 Å². The Bertz CT molecular complexity index is 689. The Balaban J connectivity index is 1.61. The van der Waals surface area contributed by atoms with Crippen LogP contribution in [0.5, 0.6) is 0 Å². The molecule has 0 aliphatic carbocycles.